The third-order valence-electron chi connectivity index (χ3n) is 4.64. The smallest absolute Gasteiger partial charge is 0.320 e. The summed E-state index contributed by atoms with van der Waals surface area (Å²) in [5, 5.41) is 25.5. The number of fused-ring (bicyclic) bond motifs is 1. The van der Waals surface area contributed by atoms with Gasteiger partial charge >= 0.3 is 5.97 Å². The maximum atomic E-state index is 11.5. The summed E-state index contributed by atoms with van der Waals surface area (Å²) in [7, 11) is -3.85. The van der Waals surface area contributed by atoms with Crippen LogP contribution in [0, 0.1) is 5.92 Å². The number of ether oxygens (including phenoxy) is 1. The number of aliphatic carboxylic acids is 1. The van der Waals surface area contributed by atoms with Gasteiger partial charge < -0.3 is 15.2 Å². The first-order valence-corrected chi connectivity index (χ1v) is 11.8. The zero-order valence-corrected chi connectivity index (χ0v) is 18.9. The van der Waals surface area contributed by atoms with Crippen LogP contribution in [0.2, 0.25) is 0 Å². The molecule has 0 spiro atoms. The van der Waals surface area contributed by atoms with Gasteiger partial charge in [-0.25, -0.2) is 23.2 Å². The average Bonchev–Trinajstić information content (AvgIpc) is 3.32. The molecule has 0 radical (unpaired) electrons. The molecule has 11 nitrogen and oxygen atoms in total. The Bertz CT molecular complexity index is 1170. The molecule has 31 heavy (non-hydrogen) atoms. The Hall–Kier alpha value is -2.61. The number of thiazole rings is 1. The van der Waals surface area contributed by atoms with Crippen molar-refractivity contribution in [2.45, 2.75) is 43.8 Å². The van der Waals surface area contributed by atoms with Crippen molar-refractivity contribution in [2.24, 2.45) is 11.1 Å². The van der Waals surface area contributed by atoms with E-state index in [1.165, 1.54) is 0 Å². The van der Waals surface area contributed by atoms with Gasteiger partial charge in [-0.1, -0.05) is 19.1 Å². The van der Waals surface area contributed by atoms with Crippen molar-refractivity contribution in [1.29, 1.82) is 0 Å². The molecule has 0 saturated carbocycles. The van der Waals surface area contributed by atoms with Crippen molar-refractivity contribution in [3.05, 3.63) is 30.1 Å². The molecule has 2 aromatic heterocycles. The number of nitrogens with one attached hydrogen (secondary N) is 1. The van der Waals surface area contributed by atoms with Crippen LogP contribution >= 0.6 is 11.3 Å². The predicted molar refractivity (Wildman–Crippen MR) is 114 cm³/mol. The fourth-order valence-electron chi connectivity index (χ4n) is 2.81. The second-order valence-corrected chi connectivity index (χ2v) is 10.2. The molecule has 13 heteroatoms. The van der Waals surface area contributed by atoms with E-state index in [1.54, 1.807) is 36.0 Å². The van der Waals surface area contributed by atoms with Gasteiger partial charge in [-0.15, -0.1) is 16.4 Å². The molecule has 3 rings (SSSR count). The highest BCUT2D eigenvalue weighted by Crippen LogP contribution is 2.28. The lowest BCUT2D eigenvalue weighted by Gasteiger charge is -2.22. The normalized spacial score (nSPS) is 14.1. The van der Waals surface area contributed by atoms with Gasteiger partial charge in [0.25, 0.3) is 10.0 Å². The molecule has 1 unspecified atom stereocenters. The quantitative estimate of drug-likeness (QED) is 0.399. The van der Waals surface area contributed by atoms with Gasteiger partial charge in [0.2, 0.25) is 4.34 Å². The molecular formula is C18H24N6O5S2. The lowest BCUT2D eigenvalue weighted by atomic mass is 10.0. The molecule has 4 N–H and O–H groups in total. The fourth-order valence-corrected chi connectivity index (χ4v) is 4.50. The molecule has 0 amide bonds. The Labute approximate surface area is 183 Å². The maximum absolute atomic E-state index is 11.5. The van der Waals surface area contributed by atoms with E-state index in [0.717, 1.165) is 11.3 Å². The number of nitrogens with two attached hydrogens (primary N) is 1. The molecule has 1 aromatic carbocycles. The van der Waals surface area contributed by atoms with Gasteiger partial charge in [0.15, 0.2) is 0 Å². The van der Waals surface area contributed by atoms with E-state index >= 15 is 0 Å². The van der Waals surface area contributed by atoms with E-state index in [-0.39, 0.29) is 22.9 Å². The second kappa shape index (κ2) is 9.26. The number of carboxylic acids is 1. The van der Waals surface area contributed by atoms with E-state index in [0.29, 0.717) is 28.2 Å². The fraction of sp³-hybridized carbons (Fsp3) is 0.444. The van der Waals surface area contributed by atoms with Crippen LogP contribution in [-0.4, -0.2) is 52.1 Å². The SMILES string of the molecule is CC(NC[C@H](C(C)C)n1cc(COc2ccc3nc(S(N)(=O)=O)sc3c2)nn1)C(=O)O. The number of hydrogen-bond acceptors (Lipinski definition) is 9. The van der Waals surface area contributed by atoms with E-state index < -0.39 is 22.0 Å². The highest BCUT2D eigenvalue weighted by atomic mass is 32.2. The van der Waals surface area contributed by atoms with E-state index in [9.17, 15) is 13.2 Å². The van der Waals surface area contributed by atoms with Crippen molar-refractivity contribution in [2.75, 3.05) is 6.54 Å². The highest BCUT2D eigenvalue weighted by molar-refractivity contribution is 7.91. The minimum absolute atomic E-state index is 0.0757. The number of rotatable bonds is 10. The van der Waals surface area contributed by atoms with E-state index in [4.69, 9.17) is 15.0 Å². The summed E-state index contributed by atoms with van der Waals surface area (Å²) in [6, 6.07) is 4.31. The van der Waals surface area contributed by atoms with Crippen LogP contribution in [0.25, 0.3) is 10.2 Å². The standard InChI is InChI=1S/C18H24N6O5S2/c1-10(2)15(7-20-11(3)17(25)26)24-8-12(22-23-24)9-29-13-4-5-14-16(6-13)30-18(21-14)31(19,27)28/h4-6,8,10-11,15,20H,7,9H2,1-3H3,(H,25,26)(H2,19,27,28)/t11?,15-/m1/s1. The summed E-state index contributed by atoms with van der Waals surface area (Å²) < 4.78 is 30.9. The second-order valence-electron chi connectivity index (χ2n) is 7.41. The number of carbonyl (C=O) groups is 1. The molecule has 0 saturated heterocycles. The van der Waals surface area contributed by atoms with Gasteiger partial charge in [-0.3, -0.25) is 4.79 Å². The Kier molecular flexibility index (Phi) is 6.89. The molecular weight excluding hydrogens is 444 g/mol. The Morgan fingerprint density at radius 1 is 1.35 bits per heavy atom. The first kappa shape index (κ1) is 23.1. The number of sulfonamides is 1. The first-order valence-electron chi connectivity index (χ1n) is 9.47. The number of aromatic nitrogens is 4. The third kappa shape index (κ3) is 5.76. The van der Waals surface area contributed by atoms with Crippen molar-refractivity contribution in [1.82, 2.24) is 25.3 Å². The van der Waals surface area contributed by atoms with Crippen molar-refractivity contribution < 1.29 is 23.1 Å². The van der Waals surface area contributed by atoms with Crippen LogP contribution in [0.15, 0.2) is 28.7 Å². The lowest BCUT2D eigenvalue weighted by molar-refractivity contribution is -0.139. The lowest BCUT2D eigenvalue weighted by Crippen LogP contribution is -2.39. The Balaban J connectivity index is 1.66. The summed E-state index contributed by atoms with van der Waals surface area (Å²) in [5.41, 5.74) is 1.13. The van der Waals surface area contributed by atoms with Gasteiger partial charge in [-0.2, -0.15) is 0 Å². The topological polar surface area (TPSA) is 162 Å². The molecule has 0 bridgehead atoms. The van der Waals surface area contributed by atoms with Crippen molar-refractivity contribution >= 4 is 37.5 Å². The third-order valence-corrected chi connectivity index (χ3v) is 6.98. The highest BCUT2D eigenvalue weighted by Gasteiger charge is 2.20. The zero-order chi connectivity index (χ0) is 22.8. The van der Waals surface area contributed by atoms with Gasteiger partial charge in [0, 0.05) is 6.54 Å². The van der Waals surface area contributed by atoms with Crippen LogP contribution in [0.3, 0.4) is 0 Å². The average molecular weight is 469 g/mol. The van der Waals surface area contributed by atoms with E-state index in [1.807, 2.05) is 13.8 Å². The van der Waals surface area contributed by atoms with Crippen LogP contribution in [-0.2, 0) is 21.4 Å². The van der Waals surface area contributed by atoms with E-state index in [2.05, 4.69) is 20.6 Å². The summed E-state index contributed by atoms with van der Waals surface area (Å²) in [6.45, 7) is 6.23. The van der Waals surface area contributed by atoms with Crippen LogP contribution < -0.4 is 15.2 Å². The molecule has 0 fully saturated rings. The minimum Gasteiger partial charge on any atom is -0.487 e. The van der Waals surface area contributed by atoms with Crippen molar-refractivity contribution in [3.8, 4) is 5.75 Å². The van der Waals surface area contributed by atoms with Crippen LogP contribution in [0.1, 0.15) is 32.5 Å². The molecule has 3 aromatic rings. The number of nitrogens with zero attached hydrogens (tertiary/aromatic N) is 4. The minimum atomic E-state index is -3.85. The molecule has 0 aliphatic rings. The van der Waals surface area contributed by atoms with Crippen molar-refractivity contribution in [3.63, 3.8) is 0 Å². The largest absolute Gasteiger partial charge is 0.487 e. The van der Waals surface area contributed by atoms with Crippen LogP contribution in [0.4, 0.5) is 0 Å². The summed E-state index contributed by atoms with van der Waals surface area (Å²) in [5.74, 6) is -0.181. The predicted octanol–water partition coefficient (Wildman–Crippen LogP) is 1.37. The van der Waals surface area contributed by atoms with Gasteiger partial charge in [0.05, 0.1) is 22.5 Å². The van der Waals surface area contributed by atoms with Crippen LogP contribution in [0.5, 0.6) is 5.75 Å². The number of carboxylic acid groups (broad SMARTS) is 1. The van der Waals surface area contributed by atoms with Gasteiger partial charge in [-0.05, 0) is 31.0 Å². The number of hydrogen-bond donors (Lipinski definition) is 3. The number of primary sulfonamides is 1. The summed E-state index contributed by atoms with van der Waals surface area (Å²) >= 11 is 0.976. The number of benzene rings is 1. The summed E-state index contributed by atoms with van der Waals surface area (Å²) in [6.07, 6.45) is 1.77. The Morgan fingerprint density at radius 3 is 2.74 bits per heavy atom. The molecule has 2 heterocycles. The Morgan fingerprint density at radius 2 is 2.10 bits per heavy atom. The van der Waals surface area contributed by atoms with Gasteiger partial charge in [0.1, 0.15) is 24.1 Å². The molecule has 0 aliphatic carbocycles. The molecule has 0 aliphatic heterocycles. The maximum Gasteiger partial charge on any atom is 0.320 e. The first-order chi connectivity index (χ1) is 14.5. The molecule has 2 atom stereocenters. The zero-order valence-electron chi connectivity index (χ0n) is 17.2. The monoisotopic (exact) mass is 468 g/mol. The summed E-state index contributed by atoms with van der Waals surface area (Å²) in [4.78, 5) is 15.0. The molecule has 168 valence electrons.